The second kappa shape index (κ2) is 9.97. The number of halogens is 3. The number of hydrogen-bond donors (Lipinski definition) is 0. The molecule has 0 fully saturated rings. The predicted molar refractivity (Wildman–Crippen MR) is 114 cm³/mol. The van der Waals surface area contributed by atoms with Crippen molar-refractivity contribution in [1.82, 2.24) is 15.0 Å². The summed E-state index contributed by atoms with van der Waals surface area (Å²) >= 11 is 0. The van der Waals surface area contributed by atoms with Crippen LogP contribution in [0.25, 0.3) is 11.4 Å². The lowest BCUT2D eigenvalue weighted by molar-refractivity contribution is -0.137. The highest BCUT2D eigenvalue weighted by atomic mass is 19.4. The Morgan fingerprint density at radius 3 is 2.28 bits per heavy atom. The highest BCUT2D eigenvalue weighted by Gasteiger charge is 2.30. The molecule has 0 N–H and O–H groups in total. The average molecular weight is 445 g/mol. The first-order valence-corrected chi connectivity index (χ1v) is 10.5. The molecule has 170 valence electrons. The van der Waals surface area contributed by atoms with Gasteiger partial charge in [-0.1, -0.05) is 54.5 Å². The lowest BCUT2D eigenvalue weighted by atomic mass is 9.96. The normalized spacial score (nSPS) is 12.7. The smallest absolute Gasteiger partial charge is 0.337 e. The molecule has 1 amide bonds. The minimum atomic E-state index is -4.35. The number of carbonyl (C=O) groups is 1. The van der Waals surface area contributed by atoms with E-state index >= 15 is 0 Å². The van der Waals surface area contributed by atoms with Crippen LogP contribution in [0, 0.1) is 5.92 Å². The molecule has 0 aliphatic carbocycles. The minimum Gasteiger partial charge on any atom is -0.337 e. The van der Waals surface area contributed by atoms with Gasteiger partial charge in [0.05, 0.1) is 5.56 Å². The zero-order valence-corrected chi connectivity index (χ0v) is 18.3. The summed E-state index contributed by atoms with van der Waals surface area (Å²) in [6, 6.07) is 14.4. The van der Waals surface area contributed by atoms with Gasteiger partial charge in [-0.15, -0.1) is 0 Å². The Morgan fingerprint density at radius 1 is 1.03 bits per heavy atom. The summed E-state index contributed by atoms with van der Waals surface area (Å²) in [7, 11) is 0. The van der Waals surface area contributed by atoms with Crippen LogP contribution in [-0.4, -0.2) is 27.0 Å². The van der Waals surface area contributed by atoms with Crippen molar-refractivity contribution >= 4 is 5.91 Å². The third-order valence-electron chi connectivity index (χ3n) is 5.14. The highest BCUT2D eigenvalue weighted by molar-refractivity contribution is 5.76. The molecule has 5 nitrogen and oxygen atoms in total. The van der Waals surface area contributed by atoms with E-state index in [1.165, 1.54) is 12.1 Å². The maximum atomic E-state index is 12.9. The van der Waals surface area contributed by atoms with Gasteiger partial charge in [0.2, 0.25) is 17.6 Å². The summed E-state index contributed by atoms with van der Waals surface area (Å²) in [6.45, 7) is 5.93. The summed E-state index contributed by atoms with van der Waals surface area (Å²) in [4.78, 5) is 19.0. The molecule has 0 radical (unpaired) electrons. The van der Waals surface area contributed by atoms with Crippen LogP contribution in [0.2, 0.25) is 0 Å². The van der Waals surface area contributed by atoms with E-state index < -0.39 is 11.7 Å². The molecule has 0 saturated carbocycles. The lowest BCUT2D eigenvalue weighted by Gasteiger charge is -2.26. The standard InChI is InChI=1S/C24H26F3N3O2/c1-16(2)30(15-21-28-23(29-32-21)19-7-5-4-6-8-19)22(31)14-17(3)13-18-9-11-20(12-10-18)24(25,26)27/h4-12,16-17H,13-15H2,1-3H3/t17-/m1/s1. The molecule has 0 saturated heterocycles. The Balaban J connectivity index is 1.61. The van der Waals surface area contributed by atoms with Gasteiger partial charge in [0.25, 0.3) is 0 Å². The average Bonchev–Trinajstić information content (AvgIpc) is 3.21. The third kappa shape index (κ3) is 6.18. The number of alkyl halides is 3. The maximum absolute atomic E-state index is 12.9. The van der Waals surface area contributed by atoms with Gasteiger partial charge >= 0.3 is 6.18 Å². The zero-order chi connectivity index (χ0) is 23.3. The monoisotopic (exact) mass is 445 g/mol. The summed E-state index contributed by atoms with van der Waals surface area (Å²) in [5.41, 5.74) is 0.916. The molecular weight excluding hydrogens is 419 g/mol. The Kier molecular flexibility index (Phi) is 7.33. The van der Waals surface area contributed by atoms with E-state index in [2.05, 4.69) is 10.1 Å². The number of rotatable bonds is 8. The van der Waals surface area contributed by atoms with Crippen molar-refractivity contribution in [2.45, 2.75) is 52.4 Å². The fraction of sp³-hybridized carbons (Fsp3) is 0.375. The fourth-order valence-corrected chi connectivity index (χ4v) is 3.45. The fourth-order valence-electron chi connectivity index (χ4n) is 3.45. The van der Waals surface area contributed by atoms with E-state index in [9.17, 15) is 18.0 Å². The van der Waals surface area contributed by atoms with E-state index in [0.717, 1.165) is 23.3 Å². The van der Waals surface area contributed by atoms with Gasteiger partial charge in [0.15, 0.2) is 0 Å². The molecule has 0 spiro atoms. The van der Waals surface area contributed by atoms with Gasteiger partial charge in [-0.3, -0.25) is 4.79 Å². The van der Waals surface area contributed by atoms with Crippen LogP contribution in [0.1, 0.15) is 44.2 Å². The van der Waals surface area contributed by atoms with Crippen molar-refractivity contribution in [2.24, 2.45) is 5.92 Å². The molecule has 2 aromatic carbocycles. The van der Waals surface area contributed by atoms with Crippen LogP contribution < -0.4 is 0 Å². The summed E-state index contributed by atoms with van der Waals surface area (Å²) in [5, 5.41) is 4.00. The molecule has 3 rings (SSSR count). The molecule has 0 bridgehead atoms. The number of amides is 1. The topological polar surface area (TPSA) is 59.2 Å². The second-order valence-electron chi connectivity index (χ2n) is 8.20. The van der Waals surface area contributed by atoms with Gasteiger partial charge in [-0.2, -0.15) is 18.2 Å². The Labute approximate surface area is 185 Å². The van der Waals surface area contributed by atoms with Crippen LogP contribution in [0.5, 0.6) is 0 Å². The van der Waals surface area contributed by atoms with E-state index in [4.69, 9.17) is 4.52 Å². The molecule has 0 aliphatic heterocycles. The van der Waals surface area contributed by atoms with Crippen LogP contribution in [0.3, 0.4) is 0 Å². The van der Waals surface area contributed by atoms with E-state index in [1.807, 2.05) is 51.1 Å². The Hall–Kier alpha value is -3.16. The number of carbonyl (C=O) groups excluding carboxylic acids is 1. The van der Waals surface area contributed by atoms with Gasteiger partial charge in [0.1, 0.15) is 6.54 Å². The van der Waals surface area contributed by atoms with Gasteiger partial charge in [-0.05, 0) is 43.9 Å². The largest absolute Gasteiger partial charge is 0.416 e. The van der Waals surface area contributed by atoms with Crippen LogP contribution in [-0.2, 0) is 23.9 Å². The third-order valence-corrected chi connectivity index (χ3v) is 5.14. The zero-order valence-electron chi connectivity index (χ0n) is 18.3. The number of nitrogens with zero attached hydrogens (tertiary/aromatic N) is 3. The predicted octanol–water partition coefficient (Wildman–Crippen LogP) is 5.76. The van der Waals surface area contributed by atoms with Crippen LogP contribution in [0.4, 0.5) is 13.2 Å². The minimum absolute atomic E-state index is 0.0388. The second-order valence-corrected chi connectivity index (χ2v) is 8.20. The summed E-state index contributed by atoms with van der Waals surface area (Å²) in [6.07, 6.45) is -3.58. The molecular formula is C24H26F3N3O2. The van der Waals surface area contributed by atoms with E-state index in [1.54, 1.807) is 4.90 Å². The lowest BCUT2D eigenvalue weighted by Crippen LogP contribution is -2.37. The van der Waals surface area contributed by atoms with Crippen molar-refractivity contribution < 1.29 is 22.5 Å². The molecule has 0 aliphatic rings. The number of benzene rings is 2. The molecule has 0 unspecified atom stereocenters. The number of hydrogen-bond acceptors (Lipinski definition) is 4. The van der Waals surface area contributed by atoms with Crippen molar-refractivity contribution in [3.63, 3.8) is 0 Å². The van der Waals surface area contributed by atoms with Crippen LogP contribution in [0.15, 0.2) is 59.1 Å². The SMILES string of the molecule is CC(C)N(Cc1nc(-c2ccccc2)no1)C(=O)C[C@H](C)Cc1ccc(C(F)(F)F)cc1. The van der Waals surface area contributed by atoms with Crippen molar-refractivity contribution in [1.29, 1.82) is 0 Å². The van der Waals surface area contributed by atoms with Gasteiger partial charge < -0.3 is 9.42 Å². The quantitative estimate of drug-likeness (QED) is 0.442. The van der Waals surface area contributed by atoms with Crippen molar-refractivity contribution in [3.8, 4) is 11.4 Å². The molecule has 1 aromatic heterocycles. The first-order chi connectivity index (χ1) is 15.1. The first kappa shape index (κ1) is 23.5. The summed E-state index contributed by atoms with van der Waals surface area (Å²) in [5.74, 6) is 0.704. The maximum Gasteiger partial charge on any atom is 0.416 e. The molecule has 8 heteroatoms. The van der Waals surface area contributed by atoms with E-state index in [0.29, 0.717) is 18.1 Å². The highest BCUT2D eigenvalue weighted by Crippen LogP contribution is 2.29. The van der Waals surface area contributed by atoms with Gasteiger partial charge in [-0.25, -0.2) is 0 Å². The Bertz CT molecular complexity index is 1010. The Morgan fingerprint density at radius 2 is 1.69 bits per heavy atom. The van der Waals surface area contributed by atoms with Crippen LogP contribution >= 0.6 is 0 Å². The molecule has 1 atom stereocenters. The molecule has 3 aromatic rings. The summed E-state index contributed by atoms with van der Waals surface area (Å²) < 4.78 is 43.5. The van der Waals surface area contributed by atoms with Crippen molar-refractivity contribution in [3.05, 3.63) is 71.6 Å². The number of aromatic nitrogens is 2. The van der Waals surface area contributed by atoms with E-state index in [-0.39, 0.29) is 30.8 Å². The molecule has 32 heavy (non-hydrogen) atoms. The first-order valence-electron chi connectivity index (χ1n) is 10.5. The van der Waals surface area contributed by atoms with Gasteiger partial charge in [0, 0.05) is 18.0 Å². The van der Waals surface area contributed by atoms with Crippen molar-refractivity contribution in [2.75, 3.05) is 0 Å². The molecule has 1 heterocycles.